The number of nitrogens with one attached hydrogen (secondary N) is 1. The van der Waals surface area contributed by atoms with Gasteiger partial charge in [0.25, 0.3) is 11.8 Å². The molecular weight excluding hydrogens is 264 g/mol. The Morgan fingerprint density at radius 3 is 2.89 bits per heavy atom. The van der Waals surface area contributed by atoms with Gasteiger partial charge in [0.15, 0.2) is 5.69 Å². The molecule has 1 aliphatic heterocycles. The molecule has 1 aromatic heterocycles. The molecule has 1 atom stereocenters. The first-order valence-corrected chi connectivity index (χ1v) is 7.08. The van der Waals surface area contributed by atoms with Gasteiger partial charge in [-0.2, -0.15) is 4.37 Å². The van der Waals surface area contributed by atoms with Crippen molar-refractivity contribution in [2.24, 2.45) is 5.92 Å². The van der Waals surface area contributed by atoms with E-state index < -0.39 is 0 Å². The van der Waals surface area contributed by atoms with Gasteiger partial charge in [-0.05, 0) is 30.3 Å². The van der Waals surface area contributed by atoms with Crippen molar-refractivity contribution in [3.8, 4) is 0 Å². The van der Waals surface area contributed by atoms with Gasteiger partial charge in [0.2, 0.25) is 0 Å². The molecule has 1 saturated heterocycles. The molecule has 3 N–H and O–H groups in total. The minimum absolute atomic E-state index is 0.114. The normalized spacial score (nSPS) is 19.3. The standard InChI is InChI=1S/C12H18N4O2S/c1-7-4-3-5-16(6-7)12(18)10-8(13)9(15-19-10)11(17)14-2/h7H,3-6,13H2,1-2H3,(H,14,17)/t7-/m1/s1. The van der Waals surface area contributed by atoms with Crippen LogP contribution in [0.5, 0.6) is 0 Å². The molecule has 1 aromatic rings. The third-order valence-electron chi connectivity index (χ3n) is 3.31. The van der Waals surface area contributed by atoms with E-state index in [4.69, 9.17) is 5.73 Å². The minimum Gasteiger partial charge on any atom is -0.395 e. The topological polar surface area (TPSA) is 88.3 Å². The molecule has 1 aliphatic rings. The van der Waals surface area contributed by atoms with E-state index in [0.717, 1.165) is 37.5 Å². The van der Waals surface area contributed by atoms with Gasteiger partial charge in [-0.3, -0.25) is 9.59 Å². The van der Waals surface area contributed by atoms with E-state index in [1.165, 1.54) is 7.05 Å². The SMILES string of the molecule is CNC(=O)c1nsc(C(=O)N2CCC[C@@H](C)C2)c1N. The summed E-state index contributed by atoms with van der Waals surface area (Å²) in [5.74, 6) is 0.0294. The van der Waals surface area contributed by atoms with Crippen molar-refractivity contribution in [2.75, 3.05) is 25.9 Å². The maximum absolute atomic E-state index is 12.4. The van der Waals surface area contributed by atoms with Crippen LogP contribution in [0.2, 0.25) is 0 Å². The largest absolute Gasteiger partial charge is 0.395 e. The van der Waals surface area contributed by atoms with Crippen molar-refractivity contribution >= 4 is 29.0 Å². The second-order valence-electron chi connectivity index (χ2n) is 4.85. The first kappa shape index (κ1) is 13.8. The Labute approximate surface area is 116 Å². The first-order chi connectivity index (χ1) is 9.04. The van der Waals surface area contributed by atoms with Crippen LogP contribution in [0.25, 0.3) is 0 Å². The summed E-state index contributed by atoms with van der Waals surface area (Å²) >= 11 is 0.996. The molecule has 0 unspecified atom stereocenters. The lowest BCUT2D eigenvalue weighted by molar-refractivity contribution is 0.0689. The summed E-state index contributed by atoms with van der Waals surface area (Å²) in [6.07, 6.45) is 2.15. The number of amides is 2. The number of carbonyl (C=O) groups is 2. The van der Waals surface area contributed by atoms with E-state index in [-0.39, 0.29) is 23.2 Å². The van der Waals surface area contributed by atoms with E-state index in [0.29, 0.717) is 10.8 Å². The van der Waals surface area contributed by atoms with Gasteiger partial charge in [-0.25, -0.2) is 0 Å². The third-order valence-corrected chi connectivity index (χ3v) is 4.16. The van der Waals surface area contributed by atoms with E-state index in [1.54, 1.807) is 4.90 Å². The smallest absolute Gasteiger partial charge is 0.272 e. The second-order valence-corrected chi connectivity index (χ2v) is 5.63. The summed E-state index contributed by atoms with van der Waals surface area (Å²) < 4.78 is 3.98. The molecule has 2 rings (SSSR count). The number of likely N-dealkylation sites (tertiary alicyclic amines) is 1. The summed E-state index contributed by atoms with van der Waals surface area (Å²) in [5, 5.41) is 2.46. The van der Waals surface area contributed by atoms with Gasteiger partial charge < -0.3 is 16.0 Å². The molecule has 6 nitrogen and oxygen atoms in total. The highest BCUT2D eigenvalue weighted by Gasteiger charge is 2.27. The fraction of sp³-hybridized carbons (Fsp3) is 0.583. The summed E-state index contributed by atoms with van der Waals surface area (Å²) in [5.41, 5.74) is 6.19. The Kier molecular flexibility index (Phi) is 4.04. The van der Waals surface area contributed by atoms with Crippen LogP contribution in [0.15, 0.2) is 0 Å². The lowest BCUT2D eigenvalue weighted by atomic mass is 10.0. The Bertz CT molecular complexity index is 500. The quantitative estimate of drug-likeness (QED) is 0.845. The van der Waals surface area contributed by atoms with Crippen molar-refractivity contribution in [2.45, 2.75) is 19.8 Å². The van der Waals surface area contributed by atoms with Gasteiger partial charge in [0.1, 0.15) is 4.88 Å². The van der Waals surface area contributed by atoms with Crippen LogP contribution in [0.4, 0.5) is 5.69 Å². The monoisotopic (exact) mass is 282 g/mol. The highest BCUT2D eigenvalue weighted by molar-refractivity contribution is 7.09. The van der Waals surface area contributed by atoms with Gasteiger partial charge in [-0.15, -0.1) is 0 Å². The predicted octanol–water partition coefficient (Wildman–Crippen LogP) is 0.957. The molecule has 0 aliphatic carbocycles. The van der Waals surface area contributed by atoms with Crippen molar-refractivity contribution in [1.29, 1.82) is 0 Å². The molecule has 0 saturated carbocycles. The number of nitrogens with two attached hydrogens (primary N) is 1. The zero-order valence-electron chi connectivity index (χ0n) is 11.1. The van der Waals surface area contributed by atoms with E-state index in [2.05, 4.69) is 16.6 Å². The molecule has 1 fully saturated rings. The number of rotatable bonds is 2. The van der Waals surface area contributed by atoms with Crippen LogP contribution in [0.3, 0.4) is 0 Å². The van der Waals surface area contributed by atoms with Crippen LogP contribution < -0.4 is 11.1 Å². The Morgan fingerprint density at radius 2 is 2.26 bits per heavy atom. The van der Waals surface area contributed by atoms with Crippen LogP contribution in [0.1, 0.15) is 39.9 Å². The number of nitrogens with zero attached hydrogens (tertiary/aromatic N) is 2. The number of piperidine rings is 1. The molecular formula is C12H18N4O2S. The van der Waals surface area contributed by atoms with Crippen molar-refractivity contribution in [3.63, 3.8) is 0 Å². The van der Waals surface area contributed by atoms with Gasteiger partial charge in [-0.1, -0.05) is 6.92 Å². The predicted molar refractivity (Wildman–Crippen MR) is 74.2 cm³/mol. The van der Waals surface area contributed by atoms with Crippen LogP contribution in [-0.2, 0) is 0 Å². The Balaban J connectivity index is 2.20. The molecule has 2 heterocycles. The molecule has 0 aromatic carbocycles. The van der Waals surface area contributed by atoms with Gasteiger partial charge >= 0.3 is 0 Å². The van der Waals surface area contributed by atoms with E-state index in [1.807, 2.05) is 0 Å². The highest BCUT2D eigenvalue weighted by Crippen LogP contribution is 2.25. The van der Waals surface area contributed by atoms with Crippen molar-refractivity contribution in [1.82, 2.24) is 14.6 Å². The van der Waals surface area contributed by atoms with E-state index >= 15 is 0 Å². The highest BCUT2D eigenvalue weighted by atomic mass is 32.1. The van der Waals surface area contributed by atoms with E-state index in [9.17, 15) is 9.59 Å². The van der Waals surface area contributed by atoms with Crippen LogP contribution >= 0.6 is 11.5 Å². The first-order valence-electron chi connectivity index (χ1n) is 6.31. The zero-order valence-corrected chi connectivity index (χ0v) is 11.9. The number of hydrogen-bond acceptors (Lipinski definition) is 5. The van der Waals surface area contributed by atoms with Crippen LogP contribution in [0, 0.1) is 5.92 Å². The molecule has 19 heavy (non-hydrogen) atoms. The maximum atomic E-state index is 12.4. The number of carbonyl (C=O) groups excluding carboxylic acids is 2. The minimum atomic E-state index is -0.361. The Hall–Kier alpha value is -1.63. The summed E-state index contributed by atoms with van der Waals surface area (Å²) in [4.78, 5) is 26.1. The average Bonchev–Trinajstić information content (AvgIpc) is 2.79. The lowest BCUT2D eigenvalue weighted by Gasteiger charge is -2.30. The lowest BCUT2D eigenvalue weighted by Crippen LogP contribution is -2.39. The maximum Gasteiger partial charge on any atom is 0.272 e. The third kappa shape index (κ3) is 2.70. The average molecular weight is 282 g/mol. The number of aromatic nitrogens is 1. The van der Waals surface area contributed by atoms with Crippen molar-refractivity contribution in [3.05, 3.63) is 10.6 Å². The summed E-state index contributed by atoms with van der Waals surface area (Å²) in [6.45, 7) is 3.62. The molecule has 0 spiro atoms. The number of nitrogen functional groups attached to an aromatic ring is 1. The summed E-state index contributed by atoms with van der Waals surface area (Å²) in [6, 6.07) is 0. The van der Waals surface area contributed by atoms with Gasteiger partial charge in [0.05, 0.1) is 5.69 Å². The number of anilines is 1. The molecule has 0 radical (unpaired) electrons. The second kappa shape index (κ2) is 5.56. The molecule has 0 bridgehead atoms. The molecule has 2 amide bonds. The molecule has 7 heteroatoms. The summed E-state index contributed by atoms with van der Waals surface area (Å²) in [7, 11) is 1.51. The Morgan fingerprint density at radius 1 is 1.53 bits per heavy atom. The molecule has 104 valence electrons. The fourth-order valence-electron chi connectivity index (χ4n) is 2.25. The number of hydrogen-bond donors (Lipinski definition) is 2. The van der Waals surface area contributed by atoms with Crippen LogP contribution in [-0.4, -0.2) is 41.2 Å². The van der Waals surface area contributed by atoms with Gasteiger partial charge in [0, 0.05) is 20.1 Å². The zero-order chi connectivity index (χ0) is 14.0. The fourth-order valence-corrected chi connectivity index (χ4v) is 3.02. The van der Waals surface area contributed by atoms with Crippen molar-refractivity contribution < 1.29 is 9.59 Å².